The van der Waals surface area contributed by atoms with Gasteiger partial charge in [-0.3, -0.25) is 23.7 Å². The lowest BCUT2D eigenvalue weighted by atomic mass is 10.0. The number of aliphatic carboxylic acids is 2. The first kappa shape index (κ1) is 30.1. The molecule has 2 aromatic heterocycles. The van der Waals surface area contributed by atoms with Crippen LogP contribution in [-0.4, -0.2) is 93.5 Å². The highest BCUT2D eigenvalue weighted by atomic mass is 32.2. The Labute approximate surface area is 245 Å². The number of oxime groups is 1. The molecule has 0 saturated carbocycles. The smallest absolute Gasteiger partial charge is 0.352 e. The molecule has 1 saturated heterocycles. The molecule has 0 spiro atoms. The van der Waals surface area contributed by atoms with Gasteiger partial charge in [0.2, 0.25) is 5.60 Å². The van der Waals surface area contributed by atoms with Crippen LogP contribution in [0.15, 0.2) is 30.8 Å². The Balaban J connectivity index is 1.53. The highest BCUT2D eigenvalue weighted by Crippen LogP contribution is 2.42. The molecular formula is C21H20N6O10S4. The first-order chi connectivity index (χ1) is 19.2. The van der Waals surface area contributed by atoms with Crippen molar-refractivity contribution in [3.63, 3.8) is 0 Å². The van der Waals surface area contributed by atoms with Crippen molar-refractivity contribution >= 4 is 87.0 Å². The Morgan fingerprint density at radius 3 is 2.56 bits per heavy atom. The summed E-state index contributed by atoms with van der Waals surface area (Å²) in [6, 6.07) is -1.15. The molecule has 20 heteroatoms. The van der Waals surface area contributed by atoms with Crippen LogP contribution in [0.3, 0.4) is 0 Å². The maximum absolute atomic E-state index is 13.2. The molecule has 2 amide bonds. The Morgan fingerprint density at radius 1 is 1.27 bits per heavy atom. The number of carboxylic acids is 3. The normalized spacial score (nSPS) is 18.9. The zero-order valence-electron chi connectivity index (χ0n) is 20.9. The molecule has 0 radical (unpaired) electrons. The van der Waals surface area contributed by atoms with E-state index in [0.717, 1.165) is 39.5 Å². The fourth-order valence-electron chi connectivity index (χ4n) is 3.53. The minimum atomic E-state index is -1.80. The fraction of sp³-hybridized carbons (Fsp3) is 0.333. The van der Waals surface area contributed by atoms with Crippen molar-refractivity contribution < 1.29 is 44.1 Å². The SMILES string of the molecule is CC(C)(O/N=C(/C(=O)N[C@@H]1C(=O)N2C(C(=O)O)=C(CSc3s[nH]c(=O)c3C(=O)O)CS[C@H]12)c1csc(N)n1)C(=O)O. The molecule has 16 nitrogen and oxygen atoms in total. The van der Waals surface area contributed by atoms with Crippen molar-refractivity contribution in [2.75, 3.05) is 17.2 Å². The number of amides is 2. The number of rotatable bonds is 11. The van der Waals surface area contributed by atoms with E-state index < -0.39 is 63.6 Å². The minimum absolute atomic E-state index is 0.00497. The molecule has 0 aliphatic carbocycles. The van der Waals surface area contributed by atoms with Crippen molar-refractivity contribution in [2.24, 2.45) is 5.16 Å². The third kappa shape index (κ3) is 5.94. The average molecular weight is 645 g/mol. The molecule has 4 heterocycles. The number of carbonyl (C=O) groups excluding carboxylic acids is 2. The lowest BCUT2D eigenvalue weighted by Gasteiger charge is -2.49. The van der Waals surface area contributed by atoms with E-state index in [2.05, 4.69) is 19.8 Å². The summed E-state index contributed by atoms with van der Waals surface area (Å²) in [5.41, 5.74) is 2.19. The third-order valence-corrected chi connectivity index (χ3v) is 9.91. The number of nitrogens with two attached hydrogens (primary N) is 1. The van der Waals surface area contributed by atoms with Gasteiger partial charge >= 0.3 is 17.9 Å². The number of nitrogens with one attached hydrogen (secondary N) is 2. The molecule has 7 N–H and O–H groups in total. The Morgan fingerprint density at radius 2 is 1.98 bits per heavy atom. The molecule has 0 bridgehead atoms. The van der Waals surface area contributed by atoms with Gasteiger partial charge in [-0.2, -0.15) is 0 Å². The average Bonchev–Trinajstić information content (AvgIpc) is 3.50. The zero-order chi connectivity index (χ0) is 30.2. The summed E-state index contributed by atoms with van der Waals surface area (Å²) in [7, 11) is 0. The molecule has 2 aliphatic heterocycles. The summed E-state index contributed by atoms with van der Waals surface area (Å²) in [5, 5.41) is 35.3. The fourth-order valence-corrected chi connectivity index (χ4v) is 7.53. The molecular weight excluding hydrogens is 625 g/mol. The van der Waals surface area contributed by atoms with Crippen LogP contribution in [-0.2, 0) is 24.0 Å². The first-order valence-electron chi connectivity index (χ1n) is 11.2. The van der Waals surface area contributed by atoms with Crippen molar-refractivity contribution in [1.29, 1.82) is 0 Å². The Hall–Kier alpha value is -3.88. The number of anilines is 1. The molecule has 218 valence electrons. The molecule has 0 aromatic carbocycles. The molecule has 1 fully saturated rings. The van der Waals surface area contributed by atoms with Gasteiger partial charge in [-0.05, 0) is 19.4 Å². The van der Waals surface area contributed by atoms with Gasteiger partial charge in [-0.1, -0.05) is 16.7 Å². The maximum atomic E-state index is 13.2. The number of nitrogen functional groups attached to an aromatic ring is 1. The largest absolute Gasteiger partial charge is 0.478 e. The van der Waals surface area contributed by atoms with E-state index in [1.165, 1.54) is 31.0 Å². The number of hydrogen-bond donors (Lipinski definition) is 6. The number of aromatic carboxylic acids is 1. The number of hydrogen-bond acceptors (Lipinski definition) is 14. The molecule has 41 heavy (non-hydrogen) atoms. The second kappa shape index (κ2) is 11.5. The molecule has 4 rings (SSSR count). The number of carboxylic acid groups (broad SMARTS) is 3. The summed E-state index contributed by atoms with van der Waals surface area (Å²) in [4.78, 5) is 82.9. The predicted octanol–water partition coefficient (Wildman–Crippen LogP) is 0.288. The van der Waals surface area contributed by atoms with Gasteiger partial charge in [0.15, 0.2) is 16.4 Å². The number of thioether (sulfide) groups is 2. The van der Waals surface area contributed by atoms with Gasteiger partial charge in [0.25, 0.3) is 17.4 Å². The van der Waals surface area contributed by atoms with Gasteiger partial charge in [0.05, 0.1) is 4.21 Å². The lowest BCUT2D eigenvalue weighted by molar-refractivity contribution is -0.161. The van der Waals surface area contributed by atoms with E-state index in [9.17, 15) is 44.1 Å². The second-order valence-electron chi connectivity index (χ2n) is 8.83. The van der Waals surface area contributed by atoms with Gasteiger partial charge in [-0.25, -0.2) is 19.4 Å². The van der Waals surface area contributed by atoms with Crippen molar-refractivity contribution in [1.82, 2.24) is 19.6 Å². The number of thiazole rings is 1. The molecule has 2 atom stereocenters. The summed E-state index contributed by atoms with van der Waals surface area (Å²) < 4.78 is 2.49. The van der Waals surface area contributed by atoms with Crippen molar-refractivity contribution in [2.45, 2.75) is 35.1 Å². The van der Waals surface area contributed by atoms with Crippen LogP contribution in [0, 0.1) is 0 Å². The van der Waals surface area contributed by atoms with Gasteiger partial charge in [0.1, 0.15) is 22.8 Å². The van der Waals surface area contributed by atoms with Gasteiger partial charge in [0, 0.05) is 16.9 Å². The highest BCUT2D eigenvalue weighted by Gasteiger charge is 2.54. The van der Waals surface area contributed by atoms with Gasteiger partial charge in [-0.15, -0.1) is 34.9 Å². The molecule has 0 unspecified atom stereocenters. The number of fused-ring (bicyclic) bond motifs is 1. The number of carbonyl (C=O) groups is 5. The van der Waals surface area contributed by atoms with Crippen LogP contribution in [0.5, 0.6) is 0 Å². The summed E-state index contributed by atoms with van der Waals surface area (Å²) in [6.07, 6.45) is 0. The predicted molar refractivity (Wildman–Crippen MR) is 148 cm³/mol. The Bertz CT molecular complexity index is 1570. The molecule has 2 aromatic rings. The van der Waals surface area contributed by atoms with Crippen LogP contribution in [0.1, 0.15) is 29.9 Å². The monoisotopic (exact) mass is 644 g/mol. The second-order valence-corrected chi connectivity index (χ2v) is 12.9. The highest BCUT2D eigenvalue weighted by molar-refractivity contribution is 8.02. The Kier molecular flexibility index (Phi) is 8.47. The van der Waals surface area contributed by atoms with Crippen LogP contribution in [0.4, 0.5) is 5.13 Å². The van der Waals surface area contributed by atoms with E-state index in [0.29, 0.717) is 5.57 Å². The number of nitrogens with zero attached hydrogens (tertiary/aromatic N) is 3. The summed E-state index contributed by atoms with van der Waals surface area (Å²) >= 11 is 3.92. The van der Waals surface area contributed by atoms with Crippen molar-refractivity contribution in [3.05, 3.63) is 38.3 Å². The van der Waals surface area contributed by atoms with E-state index >= 15 is 0 Å². The van der Waals surface area contributed by atoms with Crippen LogP contribution in [0.25, 0.3) is 0 Å². The molecule has 2 aliphatic rings. The van der Waals surface area contributed by atoms with Crippen molar-refractivity contribution in [3.8, 4) is 0 Å². The topological polar surface area (TPSA) is 255 Å². The van der Waals surface area contributed by atoms with Crippen LogP contribution < -0.4 is 16.6 Å². The van der Waals surface area contributed by atoms with Crippen LogP contribution in [0.2, 0.25) is 0 Å². The first-order valence-corrected chi connectivity index (χ1v) is 14.9. The quantitative estimate of drug-likeness (QED) is 0.0832. The van der Waals surface area contributed by atoms with E-state index in [1.807, 2.05) is 0 Å². The number of aromatic amines is 1. The van der Waals surface area contributed by atoms with E-state index in [1.54, 1.807) is 0 Å². The van der Waals surface area contributed by atoms with Gasteiger partial charge < -0.3 is 31.2 Å². The zero-order valence-corrected chi connectivity index (χ0v) is 24.2. The van der Waals surface area contributed by atoms with E-state index in [4.69, 9.17) is 10.6 Å². The third-order valence-electron chi connectivity index (χ3n) is 5.66. The van der Waals surface area contributed by atoms with Crippen LogP contribution >= 0.6 is 46.4 Å². The maximum Gasteiger partial charge on any atom is 0.352 e. The standard InChI is InChI=1S/C21H20N6O10S4/c1-21(2,19(35)36)37-25-9(7-5-40-20(22)23-7)13(29)24-10-14(30)27-11(17(33)34)6(3-38-15(10)27)4-39-18-8(16(31)32)12(28)26-41-18/h5,10,15H,3-4H2,1-2H3,(H2,22,23)(H,24,29)(H,26,28)(H,31,32)(H,33,34)(H,35,36)/b25-9+/t10-,15-/m1/s1. The summed E-state index contributed by atoms with van der Waals surface area (Å²) in [6.45, 7) is 2.42. The number of H-pyrrole nitrogens is 1. The number of β-lactam (4-membered cyclic amide) rings is 1. The minimum Gasteiger partial charge on any atom is -0.478 e. The van der Waals surface area contributed by atoms with E-state index in [-0.39, 0.29) is 32.2 Å². The summed E-state index contributed by atoms with van der Waals surface area (Å²) in [5.74, 6) is -5.69. The number of aromatic nitrogens is 2. The lowest BCUT2D eigenvalue weighted by Crippen LogP contribution is -2.71.